The molecule has 2 aliphatic rings. The summed E-state index contributed by atoms with van der Waals surface area (Å²) in [5.74, 6) is 0.312. The number of carbonyl (C=O) groups is 2. The first kappa shape index (κ1) is 15.0. The smallest absolute Gasteiger partial charge is 0.251 e. The summed E-state index contributed by atoms with van der Waals surface area (Å²) in [7, 11) is 0. The first-order valence-corrected chi connectivity index (χ1v) is 8.10. The highest BCUT2D eigenvalue weighted by Crippen LogP contribution is 2.20. The minimum Gasteiger partial charge on any atom is -0.350 e. The van der Waals surface area contributed by atoms with Crippen LogP contribution in [0.2, 0.25) is 0 Å². The molecule has 5 heteroatoms. The Morgan fingerprint density at radius 2 is 1.95 bits per heavy atom. The average molecular weight is 301 g/mol. The van der Waals surface area contributed by atoms with Crippen LogP contribution in [0.4, 0.5) is 0 Å². The molecule has 0 aliphatic carbocycles. The Bertz CT molecular complexity index is 528. The molecular formula is C17H23N3O2. The molecule has 2 heterocycles. The fourth-order valence-corrected chi connectivity index (χ4v) is 3.10. The molecule has 22 heavy (non-hydrogen) atoms. The minimum atomic E-state index is -0.0658. The van der Waals surface area contributed by atoms with Gasteiger partial charge >= 0.3 is 0 Å². The van der Waals surface area contributed by atoms with Gasteiger partial charge in [-0.3, -0.25) is 9.59 Å². The maximum atomic E-state index is 12.5. The minimum absolute atomic E-state index is 0.0658. The summed E-state index contributed by atoms with van der Waals surface area (Å²) >= 11 is 0. The number of carbonyl (C=O) groups excluding carboxylic acids is 2. The Balaban J connectivity index is 1.57. The van der Waals surface area contributed by atoms with Gasteiger partial charge in [0.25, 0.3) is 5.91 Å². The molecule has 2 aliphatic heterocycles. The van der Waals surface area contributed by atoms with Gasteiger partial charge in [-0.15, -0.1) is 0 Å². The monoisotopic (exact) mass is 301 g/mol. The van der Waals surface area contributed by atoms with Gasteiger partial charge in [-0.05, 0) is 31.4 Å². The van der Waals surface area contributed by atoms with Crippen molar-refractivity contribution in [2.75, 3.05) is 26.2 Å². The maximum absolute atomic E-state index is 12.5. The predicted molar refractivity (Wildman–Crippen MR) is 84.5 cm³/mol. The number of rotatable bonds is 4. The zero-order chi connectivity index (χ0) is 15.4. The molecule has 0 spiro atoms. The van der Waals surface area contributed by atoms with Crippen molar-refractivity contribution < 1.29 is 9.59 Å². The third-order valence-electron chi connectivity index (χ3n) is 4.58. The molecule has 5 nitrogen and oxygen atoms in total. The molecule has 2 fully saturated rings. The molecule has 1 unspecified atom stereocenters. The van der Waals surface area contributed by atoms with Crippen molar-refractivity contribution in [2.45, 2.75) is 25.3 Å². The molecule has 2 amide bonds. The van der Waals surface area contributed by atoms with E-state index < -0.39 is 0 Å². The van der Waals surface area contributed by atoms with E-state index in [1.807, 2.05) is 23.1 Å². The van der Waals surface area contributed by atoms with Crippen molar-refractivity contribution in [2.24, 2.45) is 5.92 Å². The van der Waals surface area contributed by atoms with Gasteiger partial charge in [-0.25, -0.2) is 0 Å². The second kappa shape index (κ2) is 6.92. The Hall–Kier alpha value is -1.88. The van der Waals surface area contributed by atoms with E-state index in [4.69, 9.17) is 0 Å². The lowest BCUT2D eigenvalue weighted by Gasteiger charge is -2.40. The van der Waals surface area contributed by atoms with Crippen LogP contribution in [-0.4, -0.2) is 48.9 Å². The Kier molecular flexibility index (Phi) is 4.73. The fourth-order valence-electron chi connectivity index (χ4n) is 3.10. The van der Waals surface area contributed by atoms with Crippen molar-refractivity contribution in [3.63, 3.8) is 0 Å². The maximum Gasteiger partial charge on any atom is 0.251 e. The van der Waals surface area contributed by atoms with E-state index in [0.717, 1.165) is 38.9 Å². The third-order valence-corrected chi connectivity index (χ3v) is 4.58. The highest BCUT2D eigenvalue weighted by Gasteiger charge is 2.34. The van der Waals surface area contributed by atoms with E-state index >= 15 is 0 Å². The van der Waals surface area contributed by atoms with E-state index in [1.54, 1.807) is 12.1 Å². The molecule has 0 radical (unpaired) electrons. The number of piperidine rings is 1. The van der Waals surface area contributed by atoms with Gasteiger partial charge in [0.2, 0.25) is 5.91 Å². The number of benzene rings is 1. The Labute approximate surface area is 131 Å². The molecule has 2 N–H and O–H groups in total. The predicted octanol–water partition coefficient (Wildman–Crippen LogP) is 1.02. The zero-order valence-corrected chi connectivity index (χ0v) is 12.8. The largest absolute Gasteiger partial charge is 0.350 e. The number of nitrogens with zero attached hydrogens (tertiary/aromatic N) is 1. The van der Waals surface area contributed by atoms with Gasteiger partial charge in [0, 0.05) is 37.8 Å². The van der Waals surface area contributed by atoms with E-state index in [-0.39, 0.29) is 23.8 Å². The molecule has 0 aromatic heterocycles. The Morgan fingerprint density at radius 3 is 2.64 bits per heavy atom. The van der Waals surface area contributed by atoms with E-state index in [9.17, 15) is 9.59 Å². The standard InChI is InChI=1S/C17H23N3O2/c21-16(13-6-2-1-3-7-13)19-12-15-8-4-5-9-20(15)17(22)14-10-18-11-14/h1-3,6-7,14-15,18H,4-5,8-12H2,(H,19,21). The van der Waals surface area contributed by atoms with Gasteiger partial charge in [0.1, 0.15) is 0 Å². The number of hydrogen-bond donors (Lipinski definition) is 2. The van der Waals surface area contributed by atoms with Crippen LogP contribution < -0.4 is 10.6 Å². The number of hydrogen-bond acceptors (Lipinski definition) is 3. The summed E-state index contributed by atoms with van der Waals surface area (Å²) in [6, 6.07) is 9.35. The van der Waals surface area contributed by atoms with E-state index in [0.29, 0.717) is 12.1 Å². The van der Waals surface area contributed by atoms with Gasteiger partial charge < -0.3 is 15.5 Å². The summed E-state index contributed by atoms with van der Waals surface area (Å²) < 4.78 is 0. The third kappa shape index (κ3) is 3.30. The van der Waals surface area contributed by atoms with Crippen molar-refractivity contribution in [3.8, 4) is 0 Å². The normalized spacial score (nSPS) is 22.0. The van der Waals surface area contributed by atoms with Crippen LogP contribution in [0.1, 0.15) is 29.6 Å². The van der Waals surface area contributed by atoms with E-state index in [1.165, 1.54) is 0 Å². The van der Waals surface area contributed by atoms with Crippen LogP contribution in [0.3, 0.4) is 0 Å². The highest BCUT2D eigenvalue weighted by molar-refractivity contribution is 5.94. The molecule has 1 aromatic rings. The summed E-state index contributed by atoms with van der Waals surface area (Å²) in [6.45, 7) is 2.94. The molecule has 0 bridgehead atoms. The Morgan fingerprint density at radius 1 is 1.18 bits per heavy atom. The molecule has 118 valence electrons. The van der Waals surface area contributed by atoms with Gasteiger partial charge in [0.15, 0.2) is 0 Å². The zero-order valence-electron chi connectivity index (χ0n) is 12.8. The van der Waals surface area contributed by atoms with Crippen LogP contribution in [0.5, 0.6) is 0 Å². The summed E-state index contributed by atoms with van der Waals surface area (Å²) in [4.78, 5) is 26.6. The lowest BCUT2D eigenvalue weighted by molar-refractivity contribution is -0.140. The number of nitrogens with one attached hydrogen (secondary N) is 2. The summed E-state index contributed by atoms with van der Waals surface area (Å²) in [6.07, 6.45) is 3.16. The van der Waals surface area contributed by atoms with Crippen LogP contribution in [-0.2, 0) is 4.79 Å². The lowest BCUT2D eigenvalue weighted by atomic mass is 9.96. The lowest BCUT2D eigenvalue weighted by Crippen LogP contribution is -2.57. The highest BCUT2D eigenvalue weighted by atomic mass is 16.2. The van der Waals surface area contributed by atoms with Crippen LogP contribution >= 0.6 is 0 Å². The second-order valence-electron chi connectivity index (χ2n) is 6.11. The number of likely N-dealkylation sites (tertiary alicyclic amines) is 1. The van der Waals surface area contributed by atoms with Gasteiger partial charge in [-0.1, -0.05) is 18.2 Å². The average Bonchev–Trinajstić information content (AvgIpc) is 2.52. The molecular weight excluding hydrogens is 278 g/mol. The fraction of sp³-hybridized carbons (Fsp3) is 0.529. The van der Waals surface area contributed by atoms with Crippen molar-refractivity contribution >= 4 is 11.8 Å². The first-order valence-electron chi connectivity index (χ1n) is 8.10. The SMILES string of the molecule is O=C(NCC1CCCCN1C(=O)C1CNC1)c1ccccc1. The first-order chi connectivity index (χ1) is 10.8. The van der Waals surface area contributed by atoms with Crippen LogP contribution in [0.15, 0.2) is 30.3 Å². The van der Waals surface area contributed by atoms with Crippen molar-refractivity contribution in [3.05, 3.63) is 35.9 Å². The quantitative estimate of drug-likeness (QED) is 0.873. The van der Waals surface area contributed by atoms with Gasteiger partial charge in [-0.2, -0.15) is 0 Å². The van der Waals surface area contributed by atoms with E-state index in [2.05, 4.69) is 10.6 Å². The number of amides is 2. The summed E-state index contributed by atoms with van der Waals surface area (Å²) in [5.41, 5.74) is 0.666. The molecule has 3 rings (SSSR count). The molecule has 0 saturated carbocycles. The summed E-state index contributed by atoms with van der Waals surface area (Å²) in [5, 5.41) is 6.13. The molecule has 1 atom stereocenters. The van der Waals surface area contributed by atoms with Crippen molar-refractivity contribution in [1.29, 1.82) is 0 Å². The van der Waals surface area contributed by atoms with Crippen LogP contribution in [0, 0.1) is 5.92 Å². The van der Waals surface area contributed by atoms with Crippen LogP contribution in [0.25, 0.3) is 0 Å². The van der Waals surface area contributed by atoms with Gasteiger partial charge in [0.05, 0.1) is 5.92 Å². The second-order valence-corrected chi connectivity index (χ2v) is 6.11. The topological polar surface area (TPSA) is 61.4 Å². The molecule has 2 saturated heterocycles. The molecule has 1 aromatic carbocycles. The van der Waals surface area contributed by atoms with Crippen molar-refractivity contribution in [1.82, 2.24) is 15.5 Å².